The first-order valence-corrected chi connectivity index (χ1v) is 27.7. The van der Waals surface area contributed by atoms with E-state index >= 15 is 0 Å². The molecule has 2 aliphatic heterocycles. The molecule has 3 aromatic carbocycles. The predicted octanol–water partition coefficient (Wildman–Crippen LogP) is 8.82. The number of carbonyl (C=O) groups excluding carboxylic acids is 5. The van der Waals surface area contributed by atoms with Crippen LogP contribution in [0.1, 0.15) is 127 Å². The van der Waals surface area contributed by atoms with Crippen molar-refractivity contribution in [2.75, 3.05) is 53.7 Å². The number of hydrogen-bond acceptors (Lipinski definition) is 11. The van der Waals surface area contributed by atoms with Crippen LogP contribution in [0, 0.1) is 23.7 Å². The molecule has 2 aliphatic carbocycles. The number of rotatable bonds is 18. The van der Waals surface area contributed by atoms with Gasteiger partial charge in [-0.15, -0.1) is 0 Å². The molecule has 5 aromatic rings. The van der Waals surface area contributed by atoms with Gasteiger partial charge in [0.1, 0.15) is 19.8 Å². The number of aryl methyl sites for hydroxylation is 2. The summed E-state index contributed by atoms with van der Waals surface area (Å²) in [6.07, 6.45) is 11.6. The van der Waals surface area contributed by atoms with Gasteiger partial charge >= 0.3 is 23.9 Å². The fourth-order valence-corrected chi connectivity index (χ4v) is 12.4. The molecule has 4 heterocycles. The fraction of sp³-hybridized carbons (Fsp3) is 0.541. The summed E-state index contributed by atoms with van der Waals surface area (Å²) in [6.45, 7) is 6.24. The maximum absolute atomic E-state index is 13.8. The largest absolute Gasteiger partial charge is 0.481 e. The Kier molecular flexibility index (Phi) is 19.3. The highest BCUT2D eigenvalue weighted by molar-refractivity contribution is 6.00. The van der Waals surface area contributed by atoms with E-state index in [9.17, 15) is 28.8 Å². The van der Waals surface area contributed by atoms with Gasteiger partial charge in [0.15, 0.2) is 0 Å². The first kappa shape index (κ1) is 56.7. The zero-order valence-electron chi connectivity index (χ0n) is 45.9. The van der Waals surface area contributed by atoms with E-state index in [-0.39, 0.29) is 56.9 Å². The third-order valence-electron chi connectivity index (χ3n) is 17.0. The second-order valence-corrected chi connectivity index (χ2v) is 21.7. The monoisotopic (exact) mass is 1060 g/mol. The summed E-state index contributed by atoms with van der Waals surface area (Å²) in [6, 6.07) is 20.3. The number of carboxylic acids is 1. The highest BCUT2D eigenvalue weighted by Gasteiger charge is 2.34. The molecule has 2 fully saturated rings. The van der Waals surface area contributed by atoms with E-state index in [1.165, 1.54) is 54.1 Å². The van der Waals surface area contributed by atoms with Gasteiger partial charge in [0.05, 0.1) is 12.1 Å². The quantitative estimate of drug-likeness (QED) is 0.0651. The minimum absolute atomic E-state index is 0.0132. The van der Waals surface area contributed by atoms with Crippen LogP contribution < -0.4 is 0 Å². The van der Waals surface area contributed by atoms with Gasteiger partial charge in [0.2, 0.25) is 0 Å². The molecule has 9 rings (SSSR count). The van der Waals surface area contributed by atoms with Crippen molar-refractivity contribution in [2.24, 2.45) is 37.8 Å². The molecule has 414 valence electrons. The van der Waals surface area contributed by atoms with E-state index < -0.39 is 30.0 Å². The summed E-state index contributed by atoms with van der Waals surface area (Å²) < 4.78 is 31.6. The van der Waals surface area contributed by atoms with Crippen LogP contribution in [0.5, 0.6) is 0 Å². The molecule has 0 unspecified atom stereocenters. The SMILES string of the molecule is CC(=O)OC[C@H](CCC(=O)O)N(C)C(=O)c1ccc2c(c1)c1c(n2C)CC[C@@H](C2CCOCC2)C1.CC(=O)OC[C@H](CCC(=O)OCc1ccccc1)N(C)C(=O)c1ccc2c(c1)c1c(n2C)CC[C@@H](C2CCOCC2)C1. The second kappa shape index (κ2) is 26.2. The number of fused-ring (bicyclic) bond motifs is 6. The van der Waals surface area contributed by atoms with Gasteiger partial charge in [-0.05, 0) is 154 Å². The summed E-state index contributed by atoms with van der Waals surface area (Å²) in [5, 5.41) is 11.4. The number of hydrogen-bond donors (Lipinski definition) is 1. The van der Waals surface area contributed by atoms with E-state index in [1.807, 2.05) is 66.7 Å². The number of nitrogens with zero attached hydrogens (tertiary/aromatic N) is 4. The van der Waals surface area contributed by atoms with Crippen LogP contribution in [0.15, 0.2) is 66.7 Å². The maximum Gasteiger partial charge on any atom is 0.306 e. The molecule has 4 atom stereocenters. The summed E-state index contributed by atoms with van der Waals surface area (Å²) in [7, 11) is 7.57. The summed E-state index contributed by atoms with van der Waals surface area (Å²) in [5.41, 5.74) is 9.77. The zero-order chi connectivity index (χ0) is 54.8. The smallest absolute Gasteiger partial charge is 0.306 e. The van der Waals surface area contributed by atoms with Crippen molar-refractivity contribution in [3.05, 3.63) is 106 Å². The number of amides is 2. The van der Waals surface area contributed by atoms with Crippen LogP contribution in [0.4, 0.5) is 0 Å². The van der Waals surface area contributed by atoms with Crippen LogP contribution in [-0.4, -0.2) is 126 Å². The minimum Gasteiger partial charge on any atom is -0.481 e. The molecule has 16 nitrogen and oxygen atoms in total. The van der Waals surface area contributed by atoms with Crippen molar-refractivity contribution in [1.29, 1.82) is 0 Å². The lowest BCUT2D eigenvalue weighted by Gasteiger charge is -2.33. The van der Waals surface area contributed by atoms with Gasteiger partial charge in [-0.2, -0.15) is 0 Å². The van der Waals surface area contributed by atoms with Crippen LogP contribution >= 0.6 is 0 Å². The Bertz CT molecular complexity index is 2880. The minimum atomic E-state index is -0.949. The van der Waals surface area contributed by atoms with Crippen LogP contribution in [0.3, 0.4) is 0 Å². The molecule has 0 radical (unpaired) electrons. The van der Waals surface area contributed by atoms with Crippen LogP contribution in [0.25, 0.3) is 21.8 Å². The number of aromatic nitrogens is 2. The van der Waals surface area contributed by atoms with Gasteiger partial charge < -0.3 is 47.7 Å². The Hall–Kier alpha value is -6.52. The Morgan fingerprint density at radius 1 is 0.597 bits per heavy atom. The number of ether oxygens (including phenoxy) is 5. The molecule has 2 aromatic heterocycles. The fourth-order valence-electron chi connectivity index (χ4n) is 12.4. The summed E-state index contributed by atoms with van der Waals surface area (Å²) in [4.78, 5) is 76.8. The Morgan fingerprint density at radius 2 is 1.04 bits per heavy atom. The van der Waals surface area contributed by atoms with Gasteiger partial charge in [-0.25, -0.2) is 0 Å². The number of carbonyl (C=O) groups is 6. The standard InChI is InChI=1S/C34H42N2O6.C27H36N2O6/c1-23(37)41-22-28(11-14-33(38)42-21-24-7-5-4-6-8-24)35(2)34(39)27-10-13-32-30(20-27)29-19-26(9-12-31(29)36(32)3)25-15-17-40-18-16-25;1-17(30)35-16-21(6-9-26(31)32)28(2)27(33)20-5-8-25-23(15-20)22-14-19(4-7-24(22)29(25)3)18-10-12-34-13-11-18/h4-8,10,13,20,25-26,28H,9,11-12,14-19,21-22H2,1-3H3;5,8,15,18-19,21H,4,6-7,9-14,16H2,1-3H3,(H,31,32)/t26-,28+;19-,21+/m11/s1. The number of aliphatic carboxylic acids is 1. The predicted molar refractivity (Wildman–Crippen MR) is 291 cm³/mol. The molecule has 2 saturated heterocycles. The van der Waals surface area contributed by atoms with E-state index in [2.05, 4.69) is 23.2 Å². The first-order chi connectivity index (χ1) is 37.1. The number of esters is 3. The number of likely N-dealkylation sites (N-methyl/N-ethyl adjacent to an activating group) is 2. The van der Waals surface area contributed by atoms with Gasteiger partial charge in [-0.3, -0.25) is 28.8 Å². The molecule has 4 aliphatic rings. The first-order valence-electron chi connectivity index (χ1n) is 27.7. The average Bonchev–Trinajstić information content (AvgIpc) is 3.98. The van der Waals surface area contributed by atoms with E-state index in [1.54, 1.807) is 19.0 Å². The van der Waals surface area contributed by atoms with Crippen molar-refractivity contribution >= 4 is 57.5 Å². The molecule has 0 bridgehead atoms. The van der Waals surface area contributed by atoms with Crippen molar-refractivity contribution in [1.82, 2.24) is 18.9 Å². The van der Waals surface area contributed by atoms with Crippen LogP contribution in [-0.2, 0) is 89.2 Å². The third kappa shape index (κ3) is 14.0. The molecule has 1 N–H and O–H groups in total. The topological polar surface area (TPSA) is 185 Å². The van der Waals surface area contributed by atoms with Gasteiger partial charge in [0.25, 0.3) is 11.8 Å². The molecule has 2 amide bonds. The average molecular weight is 1060 g/mol. The highest BCUT2D eigenvalue weighted by Crippen LogP contribution is 2.41. The van der Waals surface area contributed by atoms with E-state index in [0.29, 0.717) is 41.2 Å². The zero-order valence-corrected chi connectivity index (χ0v) is 45.9. The number of benzene rings is 3. The third-order valence-corrected chi connectivity index (χ3v) is 17.0. The normalized spacial score (nSPS) is 18.5. The molecular weight excluding hydrogens is 981 g/mol. The molecule has 0 saturated carbocycles. The molecular formula is C61H78N4O12. The van der Waals surface area contributed by atoms with Crippen LogP contribution in [0.2, 0.25) is 0 Å². The lowest BCUT2D eigenvalue weighted by molar-refractivity contribution is -0.146. The van der Waals surface area contributed by atoms with Gasteiger partial charge in [-0.1, -0.05) is 30.3 Å². The maximum atomic E-state index is 13.8. The molecule has 77 heavy (non-hydrogen) atoms. The summed E-state index contributed by atoms with van der Waals surface area (Å²) >= 11 is 0. The van der Waals surface area contributed by atoms with Crippen molar-refractivity contribution in [2.45, 2.75) is 122 Å². The van der Waals surface area contributed by atoms with E-state index in [4.69, 9.17) is 28.8 Å². The van der Waals surface area contributed by atoms with Crippen molar-refractivity contribution in [3.8, 4) is 0 Å². The summed E-state index contributed by atoms with van der Waals surface area (Å²) in [5.74, 6) is 0.112. The molecule has 0 spiro atoms. The van der Waals surface area contributed by atoms with E-state index in [0.717, 1.165) is 105 Å². The Balaban J connectivity index is 0.000000207. The lowest BCUT2D eigenvalue weighted by atomic mass is 9.75. The molecule has 16 heteroatoms. The lowest BCUT2D eigenvalue weighted by Crippen LogP contribution is -2.41. The number of carboxylic acid groups (broad SMARTS) is 1. The highest BCUT2D eigenvalue weighted by atomic mass is 16.5. The Labute approximate surface area is 452 Å². The van der Waals surface area contributed by atoms with Crippen molar-refractivity contribution in [3.63, 3.8) is 0 Å². The Morgan fingerprint density at radius 3 is 1.47 bits per heavy atom. The van der Waals surface area contributed by atoms with Crippen molar-refractivity contribution < 1.29 is 57.6 Å². The second-order valence-electron chi connectivity index (χ2n) is 21.7. The van der Waals surface area contributed by atoms with Gasteiger partial charge in [0, 0.05) is 126 Å².